The largest absolute Gasteiger partial charge is 0.465 e. The molecule has 0 radical (unpaired) electrons. The van der Waals surface area contributed by atoms with Gasteiger partial charge in [-0.1, -0.05) is 18.2 Å². The Kier molecular flexibility index (Phi) is 7.50. The van der Waals surface area contributed by atoms with Crippen LogP contribution in [0.15, 0.2) is 36.5 Å². The second kappa shape index (κ2) is 10.1. The Morgan fingerprint density at radius 1 is 1.04 bits per heavy atom. The van der Waals surface area contributed by atoms with Gasteiger partial charge in [0, 0.05) is 11.6 Å². The molecule has 2 rings (SSSR count). The maximum atomic E-state index is 12.4. The Labute approximate surface area is 156 Å². The number of benzene rings is 1. The lowest BCUT2D eigenvalue weighted by Crippen LogP contribution is -2.49. The lowest BCUT2D eigenvalue weighted by atomic mass is 10.2. The lowest BCUT2D eigenvalue weighted by molar-refractivity contribution is -0.145. The van der Waals surface area contributed by atoms with Crippen molar-refractivity contribution in [2.75, 3.05) is 31.6 Å². The third-order valence-electron chi connectivity index (χ3n) is 3.39. The molecule has 0 saturated heterocycles. The number of pyridine rings is 1. The molecule has 0 unspecified atom stereocenters. The van der Waals surface area contributed by atoms with Crippen molar-refractivity contribution in [1.82, 2.24) is 15.4 Å². The summed E-state index contributed by atoms with van der Waals surface area (Å²) in [5.74, 6) is -1.01. The van der Waals surface area contributed by atoms with E-state index in [1.165, 1.54) is 0 Å². The molecule has 0 aliphatic heterocycles. The minimum absolute atomic E-state index is 0.160. The monoisotopic (exact) mass is 374 g/mol. The highest BCUT2D eigenvalue weighted by Crippen LogP contribution is 2.20. The fourth-order valence-electron chi connectivity index (χ4n) is 2.36. The molecule has 0 aliphatic rings. The average molecular weight is 374 g/mol. The van der Waals surface area contributed by atoms with Gasteiger partial charge in [0.1, 0.15) is 6.54 Å². The average Bonchev–Trinajstić information content (AvgIpc) is 2.62. The van der Waals surface area contributed by atoms with Gasteiger partial charge in [-0.2, -0.15) is 5.01 Å². The summed E-state index contributed by atoms with van der Waals surface area (Å²) in [5.41, 5.74) is 3.53. The summed E-state index contributed by atoms with van der Waals surface area (Å²) in [7, 11) is 0. The quantitative estimate of drug-likeness (QED) is 0.534. The maximum Gasteiger partial charge on any atom is 0.421 e. The zero-order valence-electron chi connectivity index (χ0n) is 15.2. The van der Waals surface area contributed by atoms with Crippen molar-refractivity contribution < 1.29 is 23.9 Å². The van der Waals surface area contributed by atoms with Crippen LogP contribution in [0.4, 0.5) is 10.5 Å². The first-order chi connectivity index (χ1) is 13.0. The number of hydrogen-bond donors (Lipinski definition) is 2. The van der Waals surface area contributed by atoms with E-state index in [0.29, 0.717) is 11.2 Å². The zero-order chi connectivity index (χ0) is 19.6. The van der Waals surface area contributed by atoms with Crippen LogP contribution in [0.25, 0.3) is 10.9 Å². The first-order valence-electron chi connectivity index (χ1n) is 8.51. The number of esters is 1. The Bertz CT molecular complexity index is 786. The van der Waals surface area contributed by atoms with Crippen LogP contribution in [-0.4, -0.2) is 54.3 Å². The molecule has 1 aromatic carbocycles. The second-order valence-electron chi connectivity index (χ2n) is 5.42. The second-order valence-corrected chi connectivity index (χ2v) is 5.42. The Hall–Kier alpha value is -3.20. The van der Waals surface area contributed by atoms with Crippen LogP contribution in [0, 0.1) is 0 Å². The summed E-state index contributed by atoms with van der Waals surface area (Å²) in [6.45, 7) is 3.10. The first-order valence-corrected chi connectivity index (χ1v) is 8.51. The molecule has 0 spiro atoms. The van der Waals surface area contributed by atoms with Gasteiger partial charge in [-0.3, -0.25) is 20.0 Å². The van der Waals surface area contributed by atoms with Gasteiger partial charge >= 0.3 is 12.1 Å². The Morgan fingerprint density at radius 3 is 2.52 bits per heavy atom. The number of amides is 2. The van der Waals surface area contributed by atoms with Crippen molar-refractivity contribution in [1.29, 1.82) is 0 Å². The minimum atomic E-state index is -0.763. The third-order valence-corrected chi connectivity index (χ3v) is 3.39. The molecule has 0 saturated carbocycles. The number of carbonyl (C=O) groups is 3. The molecular formula is C18H22N4O5. The van der Waals surface area contributed by atoms with Crippen molar-refractivity contribution >= 4 is 34.6 Å². The summed E-state index contributed by atoms with van der Waals surface area (Å²) in [6.07, 6.45) is 0.870. The number of rotatable bonds is 8. The molecule has 9 heteroatoms. The molecule has 2 aromatic rings. The molecular weight excluding hydrogens is 352 g/mol. The van der Waals surface area contributed by atoms with Gasteiger partial charge in [0.15, 0.2) is 0 Å². The number of hydrogen-bond acceptors (Lipinski definition) is 7. The van der Waals surface area contributed by atoms with Gasteiger partial charge < -0.3 is 14.8 Å². The predicted octanol–water partition coefficient (Wildman–Crippen LogP) is 1.70. The van der Waals surface area contributed by atoms with Crippen LogP contribution in [0.2, 0.25) is 0 Å². The van der Waals surface area contributed by atoms with Crippen LogP contribution in [0.1, 0.15) is 13.8 Å². The van der Waals surface area contributed by atoms with Crippen molar-refractivity contribution in [2.24, 2.45) is 0 Å². The van der Waals surface area contributed by atoms with E-state index in [-0.39, 0.29) is 26.3 Å². The van der Waals surface area contributed by atoms with Gasteiger partial charge in [0.25, 0.3) is 0 Å². The van der Waals surface area contributed by atoms with E-state index in [1.807, 2.05) is 12.1 Å². The minimum Gasteiger partial charge on any atom is -0.465 e. The van der Waals surface area contributed by atoms with E-state index in [9.17, 15) is 14.4 Å². The van der Waals surface area contributed by atoms with Crippen molar-refractivity contribution in [3.05, 3.63) is 36.5 Å². The SMILES string of the molecule is CCOC(=O)CN(CC(=O)Nc1cccc2cccnc12)NC(=O)OCC. The molecule has 1 aromatic heterocycles. The first kappa shape index (κ1) is 20.1. The van der Waals surface area contributed by atoms with E-state index in [1.54, 1.807) is 38.2 Å². The van der Waals surface area contributed by atoms with E-state index < -0.39 is 18.0 Å². The number of nitrogens with one attached hydrogen (secondary N) is 2. The molecule has 1 heterocycles. The predicted molar refractivity (Wildman–Crippen MR) is 98.7 cm³/mol. The topological polar surface area (TPSA) is 110 Å². The highest BCUT2D eigenvalue weighted by molar-refractivity contribution is 6.01. The molecule has 0 fully saturated rings. The number of ether oxygens (including phenoxy) is 2. The highest BCUT2D eigenvalue weighted by Gasteiger charge is 2.19. The summed E-state index contributed by atoms with van der Waals surface area (Å²) >= 11 is 0. The number of fused-ring (bicyclic) bond motifs is 1. The fraction of sp³-hybridized carbons (Fsp3) is 0.333. The summed E-state index contributed by atoms with van der Waals surface area (Å²) in [4.78, 5) is 40.0. The van der Waals surface area contributed by atoms with E-state index in [4.69, 9.17) is 9.47 Å². The number of carbonyl (C=O) groups excluding carboxylic acids is 3. The van der Waals surface area contributed by atoms with Crippen molar-refractivity contribution in [3.8, 4) is 0 Å². The fourth-order valence-corrected chi connectivity index (χ4v) is 2.36. The van der Waals surface area contributed by atoms with Gasteiger partial charge in [-0.15, -0.1) is 0 Å². The van der Waals surface area contributed by atoms with E-state index >= 15 is 0 Å². The van der Waals surface area contributed by atoms with E-state index in [2.05, 4.69) is 15.7 Å². The molecule has 0 bridgehead atoms. The van der Waals surface area contributed by atoms with Crippen LogP contribution in [0.5, 0.6) is 0 Å². The van der Waals surface area contributed by atoms with Crippen molar-refractivity contribution in [3.63, 3.8) is 0 Å². The Morgan fingerprint density at radius 2 is 1.78 bits per heavy atom. The number of aromatic nitrogens is 1. The number of anilines is 1. The third kappa shape index (κ3) is 6.23. The molecule has 2 amide bonds. The van der Waals surface area contributed by atoms with Crippen LogP contribution in [0.3, 0.4) is 0 Å². The van der Waals surface area contributed by atoms with Crippen LogP contribution < -0.4 is 10.7 Å². The normalized spacial score (nSPS) is 10.5. The highest BCUT2D eigenvalue weighted by atomic mass is 16.6. The maximum absolute atomic E-state index is 12.4. The van der Waals surface area contributed by atoms with Gasteiger partial charge in [0.05, 0.1) is 31.0 Å². The molecule has 0 aliphatic carbocycles. The zero-order valence-corrected chi connectivity index (χ0v) is 15.2. The molecule has 2 N–H and O–H groups in total. The molecule has 27 heavy (non-hydrogen) atoms. The van der Waals surface area contributed by atoms with E-state index in [0.717, 1.165) is 10.4 Å². The number of hydrazine groups is 1. The summed E-state index contributed by atoms with van der Waals surface area (Å²) < 4.78 is 9.64. The standard InChI is InChI=1S/C18H22N4O5/c1-3-26-16(24)12-22(21-18(25)27-4-2)11-15(23)20-14-9-5-7-13-8-6-10-19-17(13)14/h5-10H,3-4,11-12H2,1-2H3,(H,20,23)(H,21,25). The van der Waals surface area contributed by atoms with Gasteiger partial charge in [0.2, 0.25) is 5.91 Å². The van der Waals surface area contributed by atoms with Crippen LogP contribution >= 0.6 is 0 Å². The Balaban J connectivity index is 2.06. The number of nitrogens with zero attached hydrogens (tertiary/aromatic N) is 2. The molecule has 144 valence electrons. The summed E-state index contributed by atoms with van der Waals surface area (Å²) in [5, 5.41) is 4.75. The molecule has 0 atom stereocenters. The lowest BCUT2D eigenvalue weighted by Gasteiger charge is -2.21. The smallest absolute Gasteiger partial charge is 0.421 e. The van der Waals surface area contributed by atoms with Gasteiger partial charge in [-0.25, -0.2) is 4.79 Å². The number of para-hydroxylation sites is 1. The van der Waals surface area contributed by atoms with Crippen molar-refractivity contribution in [2.45, 2.75) is 13.8 Å². The molecule has 9 nitrogen and oxygen atoms in total. The van der Waals surface area contributed by atoms with Crippen LogP contribution in [-0.2, 0) is 19.1 Å². The summed E-state index contributed by atoms with van der Waals surface area (Å²) in [6, 6.07) is 9.09. The van der Waals surface area contributed by atoms with Gasteiger partial charge in [-0.05, 0) is 26.0 Å².